The average molecular weight is 398 g/mol. The fourth-order valence-electron chi connectivity index (χ4n) is 3.93. The molecule has 0 atom stereocenters. The summed E-state index contributed by atoms with van der Waals surface area (Å²) in [6.07, 6.45) is 2.66. The van der Waals surface area contributed by atoms with Crippen LogP contribution in [0.3, 0.4) is 0 Å². The first-order valence-electron chi connectivity index (χ1n) is 10.5. The number of benzene rings is 1. The number of nitrogens with two attached hydrogens (primary N) is 1. The number of hydrogen-bond donors (Lipinski definition) is 2. The van der Waals surface area contributed by atoms with E-state index in [9.17, 15) is 0 Å². The van der Waals surface area contributed by atoms with Gasteiger partial charge in [-0.2, -0.15) is 0 Å². The number of para-hydroxylation sites is 1. The number of anilines is 4. The number of piperazine rings is 1. The molecule has 8 nitrogen and oxygen atoms in total. The second-order valence-corrected chi connectivity index (χ2v) is 7.50. The molecule has 2 aliphatic rings. The maximum absolute atomic E-state index is 6.42. The lowest BCUT2D eigenvalue weighted by atomic mass is 10.2. The van der Waals surface area contributed by atoms with Crippen LogP contribution >= 0.6 is 0 Å². The maximum Gasteiger partial charge on any atom is 0.157 e. The predicted octanol–water partition coefficient (Wildman–Crippen LogP) is 1.52. The van der Waals surface area contributed by atoms with Gasteiger partial charge >= 0.3 is 0 Å². The molecule has 3 heterocycles. The lowest BCUT2D eigenvalue weighted by Crippen LogP contribution is -2.47. The van der Waals surface area contributed by atoms with Crippen LogP contribution in [0.4, 0.5) is 23.0 Å². The Bertz CT molecular complexity index is 759. The molecular formula is C21H31N7O. The van der Waals surface area contributed by atoms with Gasteiger partial charge in [-0.3, -0.25) is 4.90 Å². The third-order valence-electron chi connectivity index (χ3n) is 5.61. The van der Waals surface area contributed by atoms with Crippen molar-refractivity contribution in [3.63, 3.8) is 0 Å². The predicted molar refractivity (Wildman–Crippen MR) is 118 cm³/mol. The van der Waals surface area contributed by atoms with Crippen molar-refractivity contribution in [3.05, 3.63) is 36.7 Å². The van der Waals surface area contributed by atoms with Crippen LogP contribution in [0.2, 0.25) is 0 Å². The first-order valence-corrected chi connectivity index (χ1v) is 10.5. The van der Waals surface area contributed by atoms with E-state index in [2.05, 4.69) is 60.3 Å². The molecule has 2 aliphatic heterocycles. The van der Waals surface area contributed by atoms with E-state index >= 15 is 0 Å². The Morgan fingerprint density at radius 1 is 0.931 bits per heavy atom. The summed E-state index contributed by atoms with van der Waals surface area (Å²) < 4.78 is 5.40. The lowest BCUT2D eigenvalue weighted by molar-refractivity contribution is 0.0378. The number of nitrogens with zero attached hydrogens (tertiary/aromatic N) is 5. The maximum atomic E-state index is 6.42. The van der Waals surface area contributed by atoms with Crippen LogP contribution in [0.15, 0.2) is 36.7 Å². The minimum atomic E-state index is 0.645. The number of aromatic nitrogens is 2. The Kier molecular flexibility index (Phi) is 6.63. The van der Waals surface area contributed by atoms with Crippen molar-refractivity contribution in [3.8, 4) is 0 Å². The highest BCUT2D eigenvalue weighted by Crippen LogP contribution is 2.27. The normalized spacial score (nSPS) is 18.1. The SMILES string of the molecule is Nc1c(NCCCN2CCOCC2)ncnc1N1CCN(c2ccccc2)CC1. The second-order valence-electron chi connectivity index (χ2n) is 7.50. The largest absolute Gasteiger partial charge is 0.393 e. The minimum Gasteiger partial charge on any atom is -0.393 e. The van der Waals surface area contributed by atoms with Crippen LogP contribution < -0.4 is 20.9 Å². The summed E-state index contributed by atoms with van der Waals surface area (Å²) in [6.45, 7) is 9.34. The van der Waals surface area contributed by atoms with Crippen LogP contribution in [0, 0.1) is 0 Å². The van der Waals surface area contributed by atoms with Gasteiger partial charge in [0.2, 0.25) is 0 Å². The molecule has 0 amide bonds. The summed E-state index contributed by atoms with van der Waals surface area (Å²) in [5.74, 6) is 1.57. The van der Waals surface area contributed by atoms with E-state index in [0.29, 0.717) is 5.69 Å². The highest BCUT2D eigenvalue weighted by Gasteiger charge is 2.21. The molecular weight excluding hydrogens is 366 g/mol. The molecule has 4 rings (SSSR count). The third kappa shape index (κ3) is 5.07. The molecule has 156 valence electrons. The van der Waals surface area contributed by atoms with Crippen LogP contribution in [0.5, 0.6) is 0 Å². The van der Waals surface area contributed by atoms with E-state index < -0.39 is 0 Å². The zero-order chi connectivity index (χ0) is 19.9. The van der Waals surface area contributed by atoms with Gasteiger partial charge in [0.15, 0.2) is 11.6 Å². The number of hydrogen-bond acceptors (Lipinski definition) is 8. The first kappa shape index (κ1) is 19.7. The van der Waals surface area contributed by atoms with E-state index in [4.69, 9.17) is 10.5 Å². The topological polar surface area (TPSA) is 82.8 Å². The van der Waals surface area contributed by atoms with Crippen molar-refractivity contribution in [2.45, 2.75) is 6.42 Å². The Balaban J connectivity index is 1.29. The van der Waals surface area contributed by atoms with Crippen LogP contribution in [0.1, 0.15) is 6.42 Å². The van der Waals surface area contributed by atoms with E-state index in [1.54, 1.807) is 6.33 Å². The molecule has 8 heteroatoms. The van der Waals surface area contributed by atoms with Crippen molar-refractivity contribution >= 4 is 23.0 Å². The fraction of sp³-hybridized carbons (Fsp3) is 0.524. The van der Waals surface area contributed by atoms with Gasteiger partial charge in [-0.25, -0.2) is 9.97 Å². The Morgan fingerprint density at radius 3 is 2.41 bits per heavy atom. The van der Waals surface area contributed by atoms with Crippen LogP contribution in [-0.4, -0.2) is 80.4 Å². The molecule has 0 saturated carbocycles. The van der Waals surface area contributed by atoms with E-state index in [1.807, 2.05) is 0 Å². The van der Waals surface area contributed by atoms with Gasteiger partial charge in [-0.05, 0) is 25.1 Å². The van der Waals surface area contributed by atoms with E-state index in [-0.39, 0.29) is 0 Å². The highest BCUT2D eigenvalue weighted by molar-refractivity contribution is 5.75. The number of nitrogen functional groups attached to an aromatic ring is 1. The number of rotatable bonds is 7. The Labute approximate surface area is 172 Å². The molecule has 2 saturated heterocycles. The van der Waals surface area contributed by atoms with Gasteiger partial charge in [-0.15, -0.1) is 0 Å². The quantitative estimate of drug-likeness (QED) is 0.681. The van der Waals surface area contributed by atoms with E-state index in [1.165, 1.54) is 5.69 Å². The smallest absolute Gasteiger partial charge is 0.157 e. The Morgan fingerprint density at radius 2 is 1.66 bits per heavy atom. The molecule has 0 spiro atoms. The number of morpholine rings is 1. The summed E-state index contributed by atoms with van der Waals surface area (Å²) in [7, 11) is 0. The number of ether oxygens (including phenoxy) is 1. The summed E-state index contributed by atoms with van der Waals surface area (Å²) in [5, 5.41) is 3.40. The van der Waals surface area contributed by atoms with Crippen molar-refractivity contribution < 1.29 is 4.74 Å². The summed E-state index contributed by atoms with van der Waals surface area (Å²) in [6, 6.07) is 10.5. The number of nitrogens with one attached hydrogen (secondary N) is 1. The van der Waals surface area contributed by atoms with Crippen molar-refractivity contribution in [1.29, 1.82) is 0 Å². The third-order valence-corrected chi connectivity index (χ3v) is 5.61. The Hall–Kier alpha value is -2.58. The van der Waals surface area contributed by atoms with Gasteiger partial charge in [0, 0.05) is 51.5 Å². The second kappa shape index (κ2) is 9.76. The molecule has 2 fully saturated rings. The molecule has 0 radical (unpaired) electrons. The van der Waals surface area contributed by atoms with E-state index in [0.717, 1.165) is 83.6 Å². The lowest BCUT2D eigenvalue weighted by Gasteiger charge is -2.37. The minimum absolute atomic E-state index is 0.645. The molecule has 1 aromatic heterocycles. The molecule has 0 unspecified atom stereocenters. The molecule has 0 aliphatic carbocycles. The standard InChI is InChI=1S/C21H31N7O/c22-19-20(23-7-4-8-26-13-15-29-16-14-26)24-17-25-21(19)28-11-9-27(10-12-28)18-5-2-1-3-6-18/h1-3,5-6,17H,4,7-16,22H2,(H,23,24,25). The summed E-state index contributed by atoms with van der Waals surface area (Å²) in [4.78, 5) is 15.9. The summed E-state index contributed by atoms with van der Waals surface area (Å²) >= 11 is 0. The van der Waals surface area contributed by atoms with Gasteiger partial charge in [0.1, 0.15) is 12.0 Å². The van der Waals surface area contributed by atoms with Gasteiger partial charge in [0.05, 0.1) is 13.2 Å². The van der Waals surface area contributed by atoms with Gasteiger partial charge in [-0.1, -0.05) is 18.2 Å². The van der Waals surface area contributed by atoms with Gasteiger partial charge < -0.3 is 25.6 Å². The highest BCUT2D eigenvalue weighted by atomic mass is 16.5. The molecule has 2 aromatic rings. The monoisotopic (exact) mass is 397 g/mol. The van der Waals surface area contributed by atoms with Crippen LogP contribution in [-0.2, 0) is 4.74 Å². The molecule has 3 N–H and O–H groups in total. The van der Waals surface area contributed by atoms with Crippen LogP contribution in [0.25, 0.3) is 0 Å². The molecule has 29 heavy (non-hydrogen) atoms. The average Bonchev–Trinajstić information content (AvgIpc) is 2.79. The molecule has 0 bridgehead atoms. The first-order chi connectivity index (χ1) is 14.3. The zero-order valence-electron chi connectivity index (χ0n) is 17.0. The fourth-order valence-corrected chi connectivity index (χ4v) is 3.93. The summed E-state index contributed by atoms with van der Waals surface area (Å²) in [5.41, 5.74) is 8.33. The van der Waals surface area contributed by atoms with Crippen molar-refractivity contribution in [2.75, 3.05) is 86.4 Å². The van der Waals surface area contributed by atoms with Crippen molar-refractivity contribution in [1.82, 2.24) is 14.9 Å². The van der Waals surface area contributed by atoms with Crippen molar-refractivity contribution in [2.24, 2.45) is 0 Å². The zero-order valence-corrected chi connectivity index (χ0v) is 17.0. The molecule has 1 aromatic carbocycles. The van der Waals surface area contributed by atoms with Gasteiger partial charge in [0.25, 0.3) is 0 Å².